The molecule has 2 saturated heterocycles. The van der Waals surface area contributed by atoms with Gasteiger partial charge in [0.25, 0.3) is 0 Å². The lowest BCUT2D eigenvalue weighted by Crippen LogP contribution is -2.62. The molecule has 0 saturated carbocycles. The van der Waals surface area contributed by atoms with E-state index in [2.05, 4.69) is 13.5 Å². The van der Waals surface area contributed by atoms with Gasteiger partial charge < -0.3 is 48.5 Å². The number of carbonyl (C=O) groups excluding carboxylic acids is 2. The first-order valence-electron chi connectivity index (χ1n) is 17.5. The Kier molecular flexibility index (Phi) is 20.7. The van der Waals surface area contributed by atoms with E-state index in [4.69, 9.17) is 33.2 Å². The minimum Gasteiger partial charge on any atom is -0.493 e. The van der Waals surface area contributed by atoms with Gasteiger partial charge in [0.15, 0.2) is 12.4 Å². The molecule has 50 heavy (non-hydrogen) atoms. The monoisotopic (exact) mass is 709 g/mol. The summed E-state index contributed by atoms with van der Waals surface area (Å²) in [5.41, 5.74) is -0.931. The molecule has 285 valence electrons. The molecule has 4 bridgehead atoms. The third-order valence-electron chi connectivity index (χ3n) is 9.09. The maximum absolute atomic E-state index is 13.2. The molecule has 0 amide bonds. The predicted molar refractivity (Wildman–Crippen MR) is 189 cm³/mol. The van der Waals surface area contributed by atoms with Crippen molar-refractivity contribution in [2.75, 3.05) is 33.5 Å². The molecular weight excluding hydrogens is 647 g/mol. The standard InChI is InChI=1S/C36H58O12.CH4.B/c1-6-7-8-9-10-11-31(39)47-34-26(22-32(40)42-5)21-29-23-30(24-37)45-25(2)20-27(38)13-17-43-18-14-28-15-19-44-33(46-28)12-16-35(3,4)36(34,41)48-29;;/h12,16,22,27-30,33-34,37-38,41H,2,6-11,13-15,17-21,23-24H2,1,3-5H3;1H4;/b16-12+,26-22+;;/t27-,28-,29?,30-,33+,34+,36-;;/m1../s1. The SMILES string of the molecule is C.C=C1C[C@H](O)CCOCC[C@@H]2CCO[C@H](/C=C/C(C)(C)[C@]3(O)OC(C/C(=C\C(=O)OC)[C@@H]3OC(=O)CCCCCCC)C[C@H](CO)O1)O2.[B]. The summed E-state index contributed by atoms with van der Waals surface area (Å²) in [7, 11) is 1.24. The third kappa shape index (κ3) is 14.0. The van der Waals surface area contributed by atoms with Crippen LogP contribution < -0.4 is 0 Å². The van der Waals surface area contributed by atoms with Gasteiger partial charge in [0.2, 0.25) is 5.79 Å². The van der Waals surface area contributed by atoms with E-state index < -0.39 is 60.5 Å². The smallest absolute Gasteiger partial charge is 0.330 e. The van der Waals surface area contributed by atoms with Gasteiger partial charge in [-0.2, -0.15) is 0 Å². The van der Waals surface area contributed by atoms with Crippen LogP contribution in [0.1, 0.15) is 105 Å². The normalized spacial score (nSPS) is 32.3. The van der Waals surface area contributed by atoms with Gasteiger partial charge in [-0.1, -0.05) is 66.5 Å². The topological polar surface area (TPSA) is 159 Å². The lowest BCUT2D eigenvalue weighted by Gasteiger charge is -2.51. The average molecular weight is 710 g/mol. The first-order valence-corrected chi connectivity index (χ1v) is 17.5. The van der Waals surface area contributed by atoms with Crippen LogP contribution in [0.3, 0.4) is 0 Å². The van der Waals surface area contributed by atoms with Crippen LogP contribution in [-0.4, -0.2) is 112 Å². The number of unbranched alkanes of at least 4 members (excludes halogenated alkanes) is 4. The van der Waals surface area contributed by atoms with E-state index in [-0.39, 0.29) is 53.4 Å². The number of aliphatic hydroxyl groups is 3. The molecule has 3 rings (SSSR count). The van der Waals surface area contributed by atoms with Gasteiger partial charge in [-0.3, -0.25) is 4.79 Å². The van der Waals surface area contributed by atoms with Gasteiger partial charge in [-0.15, -0.1) is 0 Å². The summed E-state index contributed by atoms with van der Waals surface area (Å²) in [5.74, 6) is -3.10. The van der Waals surface area contributed by atoms with E-state index in [9.17, 15) is 24.9 Å². The van der Waals surface area contributed by atoms with Gasteiger partial charge in [0, 0.05) is 52.4 Å². The van der Waals surface area contributed by atoms with Crippen molar-refractivity contribution >= 4 is 20.4 Å². The van der Waals surface area contributed by atoms with E-state index >= 15 is 0 Å². The molecule has 12 nitrogen and oxygen atoms in total. The lowest BCUT2D eigenvalue weighted by molar-refractivity contribution is -0.327. The Balaban J connectivity index is 0.00000625. The first kappa shape index (κ1) is 45.8. The Morgan fingerprint density at radius 1 is 1.06 bits per heavy atom. The van der Waals surface area contributed by atoms with Gasteiger partial charge in [0.05, 0.1) is 44.4 Å². The minimum absolute atomic E-state index is 0. The average Bonchev–Trinajstić information content (AvgIpc) is 3.04. The van der Waals surface area contributed by atoms with Gasteiger partial charge in [-0.05, 0) is 43.8 Å². The Hall–Kier alpha value is -2.26. The van der Waals surface area contributed by atoms with Crippen molar-refractivity contribution in [3.05, 3.63) is 36.1 Å². The number of hydrogen-bond donors (Lipinski definition) is 3. The second-order valence-electron chi connectivity index (χ2n) is 13.5. The molecule has 0 aliphatic carbocycles. The summed E-state index contributed by atoms with van der Waals surface area (Å²) in [6, 6.07) is 0. The zero-order valence-electron chi connectivity index (χ0n) is 29.8. The number of carbonyl (C=O) groups is 2. The number of methoxy groups -OCH3 is 1. The molecule has 3 aliphatic rings. The Labute approximate surface area is 301 Å². The molecule has 7 atom stereocenters. The number of hydrogen-bond acceptors (Lipinski definition) is 12. The summed E-state index contributed by atoms with van der Waals surface area (Å²) in [6.45, 7) is 10.4. The van der Waals surface area contributed by atoms with E-state index in [0.717, 1.165) is 25.7 Å². The van der Waals surface area contributed by atoms with Crippen LogP contribution in [0.5, 0.6) is 0 Å². The molecule has 3 N–H and O–H groups in total. The zero-order chi connectivity index (χ0) is 35.2. The largest absolute Gasteiger partial charge is 0.493 e. The fourth-order valence-electron chi connectivity index (χ4n) is 6.17. The van der Waals surface area contributed by atoms with Crippen molar-refractivity contribution in [3.63, 3.8) is 0 Å². The predicted octanol–water partition coefficient (Wildman–Crippen LogP) is 4.65. The van der Waals surface area contributed by atoms with Crippen molar-refractivity contribution in [1.29, 1.82) is 0 Å². The van der Waals surface area contributed by atoms with Crippen LogP contribution in [0.25, 0.3) is 0 Å². The minimum atomic E-state index is -2.18. The van der Waals surface area contributed by atoms with Crippen molar-refractivity contribution in [2.45, 2.75) is 148 Å². The summed E-state index contributed by atoms with van der Waals surface area (Å²) in [4.78, 5) is 25.8. The molecule has 2 fully saturated rings. The number of fused-ring (bicyclic) bond motifs is 4. The highest BCUT2D eigenvalue weighted by Crippen LogP contribution is 2.47. The van der Waals surface area contributed by atoms with E-state index in [1.54, 1.807) is 26.0 Å². The van der Waals surface area contributed by atoms with Crippen molar-refractivity contribution < 1.29 is 58.1 Å². The fourth-order valence-corrected chi connectivity index (χ4v) is 6.17. The molecule has 1 unspecified atom stereocenters. The maximum atomic E-state index is 13.2. The Morgan fingerprint density at radius 2 is 1.76 bits per heavy atom. The van der Waals surface area contributed by atoms with Gasteiger partial charge >= 0.3 is 11.9 Å². The molecule has 3 heterocycles. The van der Waals surface area contributed by atoms with Crippen LogP contribution >= 0.6 is 0 Å². The summed E-state index contributed by atoms with van der Waals surface area (Å²) >= 11 is 0. The summed E-state index contributed by atoms with van der Waals surface area (Å²) < 4.78 is 41.0. The number of ether oxygens (including phenoxy) is 7. The van der Waals surface area contributed by atoms with E-state index in [0.29, 0.717) is 51.1 Å². The van der Waals surface area contributed by atoms with Crippen molar-refractivity contribution in [3.8, 4) is 0 Å². The highest BCUT2D eigenvalue weighted by atomic mass is 16.7. The molecule has 0 aromatic heterocycles. The van der Waals surface area contributed by atoms with Crippen LogP contribution in [-0.2, 0) is 42.7 Å². The zero-order valence-corrected chi connectivity index (χ0v) is 29.8. The second-order valence-corrected chi connectivity index (χ2v) is 13.5. The fraction of sp³-hybridized carbons (Fsp3) is 0.784. The van der Waals surface area contributed by atoms with E-state index in [1.807, 2.05) is 0 Å². The van der Waals surface area contributed by atoms with Crippen molar-refractivity contribution in [1.82, 2.24) is 0 Å². The first-order chi connectivity index (χ1) is 22.9. The molecule has 0 spiro atoms. The maximum Gasteiger partial charge on any atom is 0.330 e. The highest BCUT2D eigenvalue weighted by Gasteiger charge is 2.57. The second kappa shape index (κ2) is 22.6. The van der Waals surface area contributed by atoms with Crippen LogP contribution in [0.4, 0.5) is 0 Å². The molecule has 13 heteroatoms. The molecule has 3 radical (unpaired) electrons. The molecular formula is C37H62BO12. The van der Waals surface area contributed by atoms with Crippen LogP contribution in [0.2, 0.25) is 0 Å². The van der Waals surface area contributed by atoms with Crippen LogP contribution in [0, 0.1) is 5.41 Å². The Bertz CT molecular complexity index is 1090. The molecule has 3 aliphatic heterocycles. The highest BCUT2D eigenvalue weighted by molar-refractivity contribution is 5.83. The summed E-state index contributed by atoms with van der Waals surface area (Å²) in [5, 5.41) is 33.3. The van der Waals surface area contributed by atoms with Gasteiger partial charge in [-0.25, -0.2) is 4.79 Å². The molecule has 0 aromatic rings. The van der Waals surface area contributed by atoms with Crippen molar-refractivity contribution in [2.24, 2.45) is 5.41 Å². The van der Waals surface area contributed by atoms with Crippen LogP contribution in [0.15, 0.2) is 36.1 Å². The Morgan fingerprint density at radius 3 is 2.46 bits per heavy atom. The van der Waals surface area contributed by atoms with Gasteiger partial charge in [0.1, 0.15) is 6.10 Å². The number of rotatable bonds is 9. The number of esters is 2. The lowest BCUT2D eigenvalue weighted by atomic mass is 9.74. The quantitative estimate of drug-likeness (QED) is 0.100. The number of aliphatic hydroxyl groups excluding tert-OH is 2. The summed E-state index contributed by atoms with van der Waals surface area (Å²) in [6.07, 6.45) is 6.91. The third-order valence-corrected chi connectivity index (χ3v) is 9.09. The molecule has 0 aromatic carbocycles. The van der Waals surface area contributed by atoms with E-state index in [1.165, 1.54) is 13.2 Å².